The standard InChI is InChI=1S/C30H44O7P2/c1-19-12-13-32-23(15-19)10-11-25(36-38)26-18-27-30(35-27)28(37-39)17-21(3)14-20(2)16-24-8-4-6-22(33-24)7-5-9-29(31)34-26/h4-6,9-12,20,22-28,30H,3,7-8,13-18,38-39H2,1-2H3/t20-,22-,23+,24-,25-,26-,27-,28-,30+/m0/s1. The van der Waals surface area contributed by atoms with Crippen LogP contribution in [0, 0.1) is 5.92 Å². The summed E-state index contributed by atoms with van der Waals surface area (Å²) in [7, 11) is 4.69. The highest BCUT2D eigenvalue weighted by molar-refractivity contribution is 7.10. The van der Waals surface area contributed by atoms with E-state index in [2.05, 4.69) is 57.6 Å². The average Bonchev–Trinajstić information content (AvgIpc) is 3.66. The van der Waals surface area contributed by atoms with Gasteiger partial charge in [0, 0.05) is 31.4 Å². The number of fused-ring (bicyclic) bond motifs is 3. The number of carbonyl (C=O) groups excluding carboxylic acids is 1. The van der Waals surface area contributed by atoms with Gasteiger partial charge in [-0.2, -0.15) is 0 Å². The van der Waals surface area contributed by atoms with Crippen molar-refractivity contribution in [2.24, 2.45) is 5.92 Å². The highest BCUT2D eigenvalue weighted by Crippen LogP contribution is 2.37. The monoisotopic (exact) mass is 578 g/mol. The third kappa shape index (κ3) is 9.71. The van der Waals surface area contributed by atoms with Gasteiger partial charge in [0.2, 0.25) is 0 Å². The third-order valence-electron chi connectivity index (χ3n) is 7.73. The fourth-order valence-corrected chi connectivity index (χ4v) is 6.19. The van der Waals surface area contributed by atoms with Crippen molar-refractivity contribution in [1.82, 2.24) is 0 Å². The summed E-state index contributed by atoms with van der Waals surface area (Å²) in [6, 6.07) is 0. The molecule has 1 fully saturated rings. The number of esters is 1. The molecule has 2 bridgehead atoms. The van der Waals surface area contributed by atoms with Crippen LogP contribution in [0.5, 0.6) is 0 Å². The summed E-state index contributed by atoms with van der Waals surface area (Å²) in [6.45, 7) is 9.29. The molecule has 11 atom stereocenters. The molecule has 0 saturated carbocycles. The maximum Gasteiger partial charge on any atom is 0.330 e. The number of hydrogen-bond donors (Lipinski definition) is 0. The first kappa shape index (κ1) is 30.8. The zero-order valence-corrected chi connectivity index (χ0v) is 25.4. The molecular weight excluding hydrogens is 534 g/mol. The van der Waals surface area contributed by atoms with E-state index in [9.17, 15) is 4.79 Å². The second kappa shape index (κ2) is 15.2. The summed E-state index contributed by atoms with van der Waals surface area (Å²) >= 11 is 0. The molecule has 2 unspecified atom stereocenters. The Hall–Kier alpha value is -1.17. The SMILES string of the molecule is C=C1C[C@H](C)C[C@@H]2CC=C[C@@H](CC=CC(=O)O[C@H]([C@H](C=C[C@@H]3CC(C)=CCO3)OP)C[C@@H]3O[C@H]3[C@@H](OP)C1)O2. The molecule has 1 saturated heterocycles. The van der Waals surface area contributed by atoms with Gasteiger partial charge in [-0.1, -0.05) is 61.1 Å². The Morgan fingerprint density at radius 2 is 1.97 bits per heavy atom. The molecule has 0 spiro atoms. The lowest BCUT2D eigenvalue weighted by Gasteiger charge is -2.28. The lowest BCUT2D eigenvalue weighted by molar-refractivity contribution is -0.146. The van der Waals surface area contributed by atoms with Crippen molar-refractivity contribution in [3.63, 3.8) is 0 Å². The summed E-state index contributed by atoms with van der Waals surface area (Å²) in [6.07, 6.45) is 17.7. The molecule has 39 heavy (non-hydrogen) atoms. The summed E-state index contributed by atoms with van der Waals surface area (Å²) < 4.78 is 35.6. The van der Waals surface area contributed by atoms with Gasteiger partial charge in [-0.25, -0.2) is 4.79 Å². The Morgan fingerprint density at radius 3 is 2.74 bits per heavy atom. The summed E-state index contributed by atoms with van der Waals surface area (Å²) in [5, 5.41) is 0. The van der Waals surface area contributed by atoms with Crippen LogP contribution in [0.4, 0.5) is 0 Å². The van der Waals surface area contributed by atoms with Gasteiger partial charge in [-0.3, -0.25) is 0 Å². The summed E-state index contributed by atoms with van der Waals surface area (Å²) in [4.78, 5) is 12.9. The molecule has 4 aliphatic heterocycles. The molecule has 4 heterocycles. The number of hydrogen-bond acceptors (Lipinski definition) is 7. The fourth-order valence-electron chi connectivity index (χ4n) is 5.68. The van der Waals surface area contributed by atoms with E-state index in [1.807, 2.05) is 18.2 Å². The molecule has 0 N–H and O–H groups in total. The smallest absolute Gasteiger partial charge is 0.330 e. The lowest BCUT2D eigenvalue weighted by atomic mass is 9.91. The minimum absolute atomic E-state index is 0.0342. The molecule has 0 aromatic heterocycles. The third-order valence-corrected chi connectivity index (χ3v) is 8.39. The first-order valence-corrected chi connectivity index (χ1v) is 15.0. The molecular formula is C30H44O7P2. The number of cyclic esters (lactones) is 1. The Bertz CT molecular complexity index is 961. The number of carbonyl (C=O) groups is 1. The molecule has 0 aromatic rings. The Labute approximate surface area is 238 Å². The van der Waals surface area contributed by atoms with Gasteiger partial charge in [0.15, 0.2) is 0 Å². The van der Waals surface area contributed by atoms with Crippen molar-refractivity contribution >= 4 is 24.9 Å². The van der Waals surface area contributed by atoms with E-state index >= 15 is 0 Å². The predicted molar refractivity (Wildman–Crippen MR) is 158 cm³/mol. The normalized spacial score (nSPS) is 37.4. The van der Waals surface area contributed by atoms with Crippen LogP contribution in [-0.2, 0) is 32.8 Å². The van der Waals surface area contributed by atoms with Crippen LogP contribution in [0.1, 0.15) is 58.8 Å². The minimum Gasteiger partial charge on any atom is -0.456 e. The molecule has 9 heteroatoms. The fraction of sp³-hybridized carbons (Fsp3) is 0.633. The zero-order valence-electron chi connectivity index (χ0n) is 23.1. The zero-order chi connectivity index (χ0) is 27.8. The van der Waals surface area contributed by atoms with Gasteiger partial charge in [0.05, 0.1) is 37.1 Å². The molecule has 216 valence electrons. The van der Waals surface area contributed by atoms with Crippen LogP contribution < -0.4 is 0 Å². The summed E-state index contributed by atoms with van der Waals surface area (Å²) in [5.41, 5.74) is 2.44. The van der Waals surface area contributed by atoms with E-state index in [1.165, 1.54) is 11.6 Å². The van der Waals surface area contributed by atoms with E-state index in [0.29, 0.717) is 31.8 Å². The second-order valence-corrected chi connectivity index (χ2v) is 11.8. The van der Waals surface area contributed by atoms with Gasteiger partial charge < -0.3 is 28.0 Å². The van der Waals surface area contributed by atoms with E-state index in [1.54, 1.807) is 0 Å². The Morgan fingerprint density at radius 1 is 1.13 bits per heavy atom. The molecule has 0 radical (unpaired) electrons. The van der Waals surface area contributed by atoms with Gasteiger partial charge in [0.25, 0.3) is 0 Å². The predicted octanol–water partition coefficient (Wildman–Crippen LogP) is 5.73. The lowest BCUT2D eigenvalue weighted by Crippen LogP contribution is -2.33. The van der Waals surface area contributed by atoms with Gasteiger partial charge in [-0.15, -0.1) is 0 Å². The van der Waals surface area contributed by atoms with Crippen LogP contribution in [0.2, 0.25) is 0 Å². The van der Waals surface area contributed by atoms with Gasteiger partial charge in [-0.05, 0) is 51.4 Å². The van der Waals surface area contributed by atoms with Crippen molar-refractivity contribution in [3.05, 3.63) is 60.3 Å². The highest BCUT2D eigenvalue weighted by Gasteiger charge is 2.47. The first-order valence-electron chi connectivity index (χ1n) is 14.0. The molecule has 0 amide bonds. The van der Waals surface area contributed by atoms with Crippen LogP contribution in [-0.4, -0.2) is 61.4 Å². The Kier molecular flexibility index (Phi) is 12.0. The van der Waals surface area contributed by atoms with Crippen molar-refractivity contribution in [2.45, 2.75) is 108 Å². The minimum atomic E-state index is -0.548. The van der Waals surface area contributed by atoms with E-state index in [0.717, 1.165) is 31.3 Å². The van der Waals surface area contributed by atoms with Crippen molar-refractivity contribution in [2.75, 3.05) is 6.61 Å². The quantitative estimate of drug-likeness (QED) is 0.178. The van der Waals surface area contributed by atoms with Crippen molar-refractivity contribution in [3.8, 4) is 0 Å². The van der Waals surface area contributed by atoms with E-state index in [-0.39, 0.29) is 36.6 Å². The first-order chi connectivity index (χ1) is 18.8. The molecule has 4 aliphatic rings. The van der Waals surface area contributed by atoms with Crippen LogP contribution in [0.25, 0.3) is 0 Å². The number of ether oxygens (including phenoxy) is 4. The molecule has 7 nitrogen and oxygen atoms in total. The topological polar surface area (TPSA) is 75.8 Å². The van der Waals surface area contributed by atoms with Gasteiger partial charge in [0.1, 0.15) is 18.3 Å². The maximum atomic E-state index is 12.9. The average molecular weight is 579 g/mol. The molecule has 4 rings (SSSR count). The highest BCUT2D eigenvalue weighted by atomic mass is 31.0. The Balaban J connectivity index is 1.49. The maximum absolute atomic E-state index is 12.9. The van der Waals surface area contributed by atoms with Crippen molar-refractivity contribution < 1.29 is 32.8 Å². The number of rotatable bonds is 5. The van der Waals surface area contributed by atoms with E-state index < -0.39 is 18.2 Å². The largest absolute Gasteiger partial charge is 0.456 e. The van der Waals surface area contributed by atoms with E-state index in [4.69, 9.17) is 28.0 Å². The van der Waals surface area contributed by atoms with Crippen LogP contribution in [0.15, 0.2) is 60.3 Å². The van der Waals surface area contributed by atoms with Gasteiger partial charge >= 0.3 is 5.97 Å². The number of epoxide rings is 1. The molecule has 0 aliphatic carbocycles. The second-order valence-electron chi connectivity index (χ2n) is 11.2. The molecule has 0 aromatic carbocycles. The van der Waals surface area contributed by atoms with Crippen molar-refractivity contribution in [1.29, 1.82) is 0 Å². The van der Waals surface area contributed by atoms with Crippen LogP contribution in [0.3, 0.4) is 0 Å². The summed E-state index contributed by atoms with van der Waals surface area (Å²) in [5.74, 6) is 0.0346. The van der Waals surface area contributed by atoms with Crippen LogP contribution >= 0.6 is 18.9 Å².